The number of alkyl halides is 3. The molecule has 180 valence electrons. The van der Waals surface area contributed by atoms with Crippen LogP contribution < -0.4 is 0 Å². The van der Waals surface area contributed by atoms with Crippen LogP contribution in [0.4, 0.5) is 13.2 Å². The highest BCUT2D eigenvalue weighted by molar-refractivity contribution is 7.85. The lowest BCUT2D eigenvalue weighted by molar-refractivity contribution is -0.139. The maximum Gasteiger partial charge on any atom is 0.417 e. The van der Waals surface area contributed by atoms with Gasteiger partial charge in [0, 0.05) is 19.1 Å². The first kappa shape index (κ1) is 24.9. The average molecular weight is 488 g/mol. The summed E-state index contributed by atoms with van der Waals surface area (Å²) in [4.78, 5) is 16.0. The number of ether oxygens (including phenoxy) is 3. The third-order valence-corrected chi connectivity index (χ3v) is 5.95. The second kappa shape index (κ2) is 10.4. The molecule has 9 nitrogen and oxygen atoms in total. The molecule has 0 saturated carbocycles. The van der Waals surface area contributed by atoms with E-state index in [4.69, 9.17) is 14.2 Å². The monoisotopic (exact) mass is 488 g/mol. The second-order valence-electron chi connectivity index (χ2n) is 6.73. The average Bonchev–Trinajstić information content (AvgIpc) is 3.39. The zero-order valence-electron chi connectivity index (χ0n) is 18.2. The summed E-state index contributed by atoms with van der Waals surface area (Å²) in [6.07, 6.45) is -2.08. The third kappa shape index (κ3) is 5.42. The molecule has 33 heavy (non-hydrogen) atoms. The number of hydrogen-bond acceptors (Lipinski definition) is 7. The number of carbonyl (C=O) groups is 1. The lowest BCUT2D eigenvalue weighted by atomic mass is 10.2. The first-order valence-electron chi connectivity index (χ1n) is 9.99. The van der Waals surface area contributed by atoms with E-state index in [0.29, 0.717) is 6.61 Å². The summed E-state index contributed by atoms with van der Waals surface area (Å²) in [5.41, 5.74) is -0.572. The van der Waals surface area contributed by atoms with Crippen molar-refractivity contribution in [2.45, 2.75) is 31.7 Å². The Morgan fingerprint density at radius 3 is 2.61 bits per heavy atom. The number of fused-ring (bicyclic) bond motifs is 1. The van der Waals surface area contributed by atoms with E-state index in [1.807, 2.05) is 0 Å². The molecular weight excluding hydrogens is 465 g/mol. The Bertz CT molecular complexity index is 1160. The van der Waals surface area contributed by atoms with E-state index >= 15 is 0 Å². The quantitative estimate of drug-likeness (QED) is 0.319. The lowest BCUT2D eigenvalue weighted by Crippen LogP contribution is -2.13. The minimum atomic E-state index is -4.71. The second-order valence-corrected chi connectivity index (χ2v) is 8.44. The molecule has 0 aliphatic carbocycles. The van der Waals surface area contributed by atoms with Gasteiger partial charge in [-0.2, -0.15) is 18.3 Å². The predicted molar refractivity (Wildman–Crippen MR) is 113 cm³/mol. The molecule has 0 bridgehead atoms. The van der Waals surface area contributed by atoms with Gasteiger partial charge in [0.05, 0.1) is 63.9 Å². The molecule has 3 rings (SSSR count). The number of halogens is 3. The Hall–Kier alpha value is -2.77. The van der Waals surface area contributed by atoms with Gasteiger partial charge in [-0.25, -0.2) is 14.5 Å². The van der Waals surface area contributed by atoms with E-state index in [1.165, 1.54) is 41.7 Å². The summed E-state index contributed by atoms with van der Waals surface area (Å²) >= 11 is 0. The van der Waals surface area contributed by atoms with Crippen LogP contribution in [-0.2, 0) is 37.9 Å². The van der Waals surface area contributed by atoms with E-state index in [-0.39, 0.29) is 53.1 Å². The van der Waals surface area contributed by atoms with E-state index < -0.39 is 28.5 Å². The normalized spacial score (nSPS) is 12.9. The Balaban J connectivity index is 2.17. The molecule has 0 aliphatic heterocycles. The molecule has 0 amide bonds. The molecule has 2 heterocycles. The number of aromatic nitrogens is 4. The van der Waals surface area contributed by atoms with Crippen LogP contribution in [0, 0.1) is 0 Å². The predicted octanol–water partition coefficient (Wildman–Crippen LogP) is 3.17. The van der Waals surface area contributed by atoms with Gasteiger partial charge in [0.15, 0.2) is 0 Å². The highest BCUT2D eigenvalue weighted by Crippen LogP contribution is 2.36. The number of rotatable bonds is 10. The maximum atomic E-state index is 13.7. The molecule has 3 aromatic rings. The summed E-state index contributed by atoms with van der Waals surface area (Å²) in [7, 11) is -0.360. The van der Waals surface area contributed by atoms with E-state index in [9.17, 15) is 22.2 Å². The van der Waals surface area contributed by atoms with Crippen molar-refractivity contribution in [1.29, 1.82) is 0 Å². The minimum Gasteiger partial charge on any atom is -0.462 e. The molecule has 0 N–H and O–H groups in total. The summed E-state index contributed by atoms with van der Waals surface area (Å²) in [6.45, 7) is 3.81. The van der Waals surface area contributed by atoms with Crippen LogP contribution in [0.5, 0.6) is 0 Å². The van der Waals surface area contributed by atoms with Gasteiger partial charge in [0.25, 0.3) is 0 Å². The fourth-order valence-electron chi connectivity index (χ4n) is 3.06. The molecule has 1 unspecified atom stereocenters. The lowest BCUT2D eigenvalue weighted by Gasteiger charge is -2.13. The molecule has 0 saturated heterocycles. The zero-order valence-corrected chi connectivity index (χ0v) is 19.0. The zero-order chi connectivity index (χ0) is 24.2. The van der Waals surface area contributed by atoms with Gasteiger partial charge in [-0.1, -0.05) is 6.92 Å². The number of methoxy groups -OCH3 is 1. The Kier molecular flexibility index (Phi) is 7.87. The largest absolute Gasteiger partial charge is 0.462 e. The van der Waals surface area contributed by atoms with Crippen molar-refractivity contribution in [3.8, 4) is 5.95 Å². The van der Waals surface area contributed by atoms with Crippen molar-refractivity contribution in [3.63, 3.8) is 0 Å². The van der Waals surface area contributed by atoms with Gasteiger partial charge in [-0.3, -0.25) is 8.78 Å². The van der Waals surface area contributed by atoms with E-state index in [0.717, 1.165) is 6.07 Å². The van der Waals surface area contributed by atoms with Crippen LogP contribution in [0.15, 0.2) is 29.4 Å². The van der Waals surface area contributed by atoms with Gasteiger partial charge in [-0.05, 0) is 19.1 Å². The molecular formula is C20H23F3N4O5S. The summed E-state index contributed by atoms with van der Waals surface area (Å²) in [5.74, 6) is -0.463. The van der Waals surface area contributed by atoms with Gasteiger partial charge >= 0.3 is 12.1 Å². The fourth-order valence-corrected chi connectivity index (χ4v) is 4.03. The molecule has 0 fully saturated rings. The van der Waals surface area contributed by atoms with Crippen molar-refractivity contribution in [2.24, 2.45) is 0 Å². The van der Waals surface area contributed by atoms with Crippen LogP contribution in [0.1, 0.15) is 29.8 Å². The number of benzene rings is 1. The van der Waals surface area contributed by atoms with Crippen molar-refractivity contribution in [3.05, 3.63) is 35.7 Å². The number of imidazole rings is 1. The highest BCUT2D eigenvalue weighted by Gasteiger charge is 2.36. The van der Waals surface area contributed by atoms with Crippen LogP contribution >= 0.6 is 0 Å². The van der Waals surface area contributed by atoms with Crippen LogP contribution in [0.3, 0.4) is 0 Å². The molecule has 13 heteroatoms. The number of carbonyl (C=O) groups excluding carboxylic acids is 1. The van der Waals surface area contributed by atoms with Crippen molar-refractivity contribution < 1.29 is 36.4 Å². The molecule has 0 aliphatic rings. The van der Waals surface area contributed by atoms with Crippen molar-refractivity contribution in [2.75, 3.05) is 32.7 Å². The molecule has 2 aromatic heterocycles. The van der Waals surface area contributed by atoms with Gasteiger partial charge in [0.2, 0.25) is 5.95 Å². The minimum absolute atomic E-state index is 0.0118. The Morgan fingerprint density at radius 1 is 1.21 bits per heavy atom. The van der Waals surface area contributed by atoms with Crippen LogP contribution in [0.2, 0.25) is 0 Å². The van der Waals surface area contributed by atoms with E-state index in [2.05, 4.69) is 10.1 Å². The van der Waals surface area contributed by atoms with Crippen LogP contribution in [0.25, 0.3) is 17.0 Å². The Morgan fingerprint density at radius 2 is 1.97 bits per heavy atom. The summed E-state index contributed by atoms with van der Waals surface area (Å²) in [5, 5.41) is 4.11. The van der Waals surface area contributed by atoms with Gasteiger partial charge in [0.1, 0.15) is 6.73 Å². The van der Waals surface area contributed by atoms with E-state index in [1.54, 1.807) is 6.92 Å². The number of nitrogens with zero attached hydrogens (tertiary/aromatic N) is 4. The first-order chi connectivity index (χ1) is 15.7. The maximum absolute atomic E-state index is 13.7. The summed E-state index contributed by atoms with van der Waals surface area (Å²) in [6, 6.07) is 2.08. The number of esters is 1. The number of hydrogen-bond donors (Lipinski definition) is 0. The smallest absolute Gasteiger partial charge is 0.417 e. The molecule has 1 aromatic carbocycles. The Labute approximate surface area is 189 Å². The molecule has 0 spiro atoms. The molecule has 1 atom stereocenters. The topological polar surface area (TPSA) is 97.5 Å². The standard InChI is InChI=1S/C20H23F3N4O5S/c1-4-32-18(28)13-10-24-27(11-13)19-25-15-8-14(20(21,22)23)17(33(29)5-2)9-16(15)26(19)12-31-7-6-30-3/h8-11H,4-7,12H2,1-3H3. The van der Waals surface area contributed by atoms with Gasteiger partial charge < -0.3 is 14.2 Å². The van der Waals surface area contributed by atoms with Crippen molar-refractivity contribution in [1.82, 2.24) is 19.3 Å². The SMILES string of the molecule is CCOC(=O)c1cnn(-c2nc3cc(C(F)(F)F)c(S(=O)CC)cc3n2COCCOC)c1. The highest BCUT2D eigenvalue weighted by atomic mass is 32.2. The summed E-state index contributed by atoms with van der Waals surface area (Å²) < 4.78 is 71.7. The third-order valence-electron chi connectivity index (χ3n) is 4.59. The van der Waals surface area contributed by atoms with Crippen molar-refractivity contribution >= 4 is 27.8 Å². The first-order valence-corrected chi connectivity index (χ1v) is 11.3. The van der Waals surface area contributed by atoms with Crippen LogP contribution in [-0.4, -0.2) is 62.2 Å². The fraction of sp³-hybridized carbons (Fsp3) is 0.450. The van der Waals surface area contributed by atoms with Gasteiger partial charge in [-0.15, -0.1) is 0 Å². The molecule has 0 radical (unpaired) electrons.